The monoisotopic (exact) mass is 257 g/mol. The first-order chi connectivity index (χ1) is 8.20. The zero-order chi connectivity index (χ0) is 14.1. The van der Waals surface area contributed by atoms with Crippen LogP contribution in [0.25, 0.3) is 0 Å². The third-order valence-electron chi connectivity index (χ3n) is 2.92. The molecule has 0 aromatic heterocycles. The molecule has 0 fully saturated rings. The largest absolute Gasteiger partial charge is 0.505 e. The van der Waals surface area contributed by atoms with E-state index in [1.807, 2.05) is 0 Å². The summed E-state index contributed by atoms with van der Waals surface area (Å²) in [5, 5.41) is 27.6. The van der Waals surface area contributed by atoms with Gasteiger partial charge in [-0.05, 0) is 12.1 Å². The van der Waals surface area contributed by atoms with Crippen molar-refractivity contribution in [1.29, 1.82) is 0 Å². The highest BCUT2D eigenvalue weighted by atomic mass is 19.1. The highest BCUT2D eigenvalue weighted by molar-refractivity contribution is 5.88. The minimum Gasteiger partial charge on any atom is -0.505 e. The van der Waals surface area contributed by atoms with E-state index < -0.39 is 29.0 Å². The molecule has 100 valence electrons. The highest BCUT2D eigenvalue weighted by Gasteiger charge is 2.30. The van der Waals surface area contributed by atoms with Crippen molar-refractivity contribution in [3.05, 3.63) is 29.1 Å². The molecular weight excluding hydrogens is 241 g/mol. The van der Waals surface area contributed by atoms with E-state index in [2.05, 4.69) is 0 Å². The summed E-state index contributed by atoms with van der Waals surface area (Å²) in [7, 11) is 0. The van der Waals surface area contributed by atoms with Gasteiger partial charge < -0.3 is 21.1 Å². The van der Waals surface area contributed by atoms with E-state index in [0.717, 1.165) is 12.1 Å². The van der Waals surface area contributed by atoms with Crippen molar-refractivity contribution in [3.8, 4) is 5.75 Å². The number of aromatic hydroxyl groups is 1. The van der Waals surface area contributed by atoms with E-state index in [4.69, 9.17) is 10.8 Å². The number of hydrogen-bond acceptors (Lipinski definition) is 4. The van der Waals surface area contributed by atoms with E-state index in [0.29, 0.717) is 0 Å². The van der Waals surface area contributed by atoms with Gasteiger partial charge in [0.2, 0.25) is 0 Å². The molecule has 0 heterocycles. The van der Waals surface area contributed by atoms with Gasteiger partial charge in [-0.3, -0.25) is 0 Å². The van der Waals surface area contributed by atoms with Gasteiger partial charge in [-0.1, -0.05) is 13.8 Å². The van der Waals surface area contributed by atoms with Gasteiger partial charge in [0.15, 0.2) is 11.6 Å². The van der Waals surface area contributed by atoms with Gasteiger partial charge in [0.25, 0.3) is 0 Å². The second-order valence-electron chi connectivity index (χ2n) is 4.83. The maximum atomic E-state index is 13.4. The number of nitrogens with two attached hydrogens (primary N) is 1. The smallest absolute Gasteiger partial charge is 0.335 e. The van der Waals surface area contributed by atoms with Crippen molar-refractivity contribution >= 4 is 5.97 Å². The number of carboxylic acid groups (broad SMARTS) is 1. The fraction of sp³-hybridized carbons (Fsp3) is 0.417. The molecular formula is C12H16FNO4. The fourth-order valence-corrected chi connectivity index (χ4v) is 1.50. The lowest BCUT2D eigenvalue weighted by Gasteiger charge is -2.30. The Morgan fingerprint density at radius 1 is 1.50 bits per heavy atom. The summed E-state index contributed by atoms with van der Waals surface area (Å²) in [6, 6.07) is 0.944. The van der Waals surface area contributed by atoms with Crippen molar-refractivity contribution in [3.63, 3.8) is 0 Å². The third kappa shape index (κ3) is 2.60. The Bertz CT molecular complexity index is 473. The molecule has 5 N–H and O–H groups in total. The van der Waals surface area contributed by atoms with E-state index >= 15 is 0 Å². The summed E-state index contributed by atoms with van der Waals surface area (Å²) in [5.41, 5.74) is 4.69. The lowest BCUT2D eigenvalue weighted by molar-refractivity contribution is 0.0696. The third-order valence-corrected chi connectivity index (χ3v) is 2.92. The zero-order valence-corrected chi connectivity index (χ0v) is 10.1. The van der Waals surface area contributed by atoms with Crippen molar-refractivity contribution in [2.75, 3.05) is 6.61 Å². The molecule has 1 rings (SSSR count). The van der Waals surface area contributed by atoms with Crippen molar-refractivity contribution < 1.29 is 24.5 Å². The van der Waals surface area contributed by atoms with Crippen LogP contribution in [0.5, 0.6) is 5.75 Å². The number of aromatic carboxylic acids is 1. The maximum Gasteiger partial charge on any atom is 0.335 e. The van der Waals surface area contributed by atoms with Gasteiger partial charge in [0, 0.05) is 23.6 Å². The second kappa shape index (κ2) is 4.91. The first-order valence-corrected chi connectivity index (χ1v) is 5.33. The maximum absolute atomic E-state index is 13.4. The number of aliphatic hydroxyl groups is 1. The van der Waals surface area contributed by atoms with E-state index in [1.165, 1.54) is 0 Å². The van der Waals surface area contributed by atoms with Crippen LogP contribution < -0.4 is 5.73 Å². The molecule has 0 aliphatic carbocycles. The molecule has 1 atom stereocenters. The number of carboxylic acids is 1. The molecule has 6 heteroatoms. The molecule has 0 unspecified atom stereocenters. The fourth-order valence-electron chi connectivity index (χ4n) is 1.50. The summed E-state index contributed by atoms with van der Waals surface area (Å²) >= 11 is 0. The molecule has 5 nitrogen and oxygen atoms in total. The molecule has 0 saturated heterocycles. The highest BCUT2D eigenvalue weighted by Crippen LogP contribution is 2.37. The molecule has 0 spiro atoms. The number of hydrogen-bond donors (Lipinski definition) is 4. The number of carbonyl (C=O) groups is 1. The Morgan fingerprint density at radius 3 is 2.50 bits per heavy atom. The number of rotatable bonds is 4. The molecule has 0 amide bonds. The molecule has 18 heavy (non-hydrogen) atoms. The van der Waals surface area contributed by atoms with Gasteiger partial charge in [0.05, 0.1) is 5.56 Å². The van der Waals surface area contributed by atoms with Crippen LogP contribution in [0.3, 0.4) is 0 Å². The van der Waals surface area contributed by atoms with Crippen molar-refractivity contribution in [1.82, 2.24) is 0 Å². The minimum absolute atomic E-state index is 0.0357. The minimum atomic E-state index is -1.32. The van der Waals surface area contributed by atoms with Crippen LogP contribution in [-0.4, -0.2) is 27.9 Å². The second-order valence-corrected chi connectivity index (χ2v) is 4.83. The molecule has 0 saturated carbocycles. The van der Waals surface area contributed by atoms with Crippen LogP contribution in [-0.2, 0) is 0 Å². The molecule has 0 radical (unpaired) electrons. The zero-order valence-electron chi connectivity index (χ0n) is 10.1. The summed E-state index contributed by atoms with van der Waals surface area (Å²) in [6.07, 6.45) is 0. The Kier molecular flexibility index (Phi) is 3.93. The summed E-state index contributed by atoms with van der Waals surface area (Å²) < 4.78 is 13.4. The number of phenols is 1. The molecule has 0 aliphatic heterocycles. The number of benzene rings is 1. The average Bonchev–Trinajstić information content (AvgIpc) is 2.31. The van der Waals surface area contributed by atoms with Crippen LogP contribution in [0.4, 0.5) is 4.39 Å². The predicted molar refractivity (Wildman–Crippen MR) is 62.8 cm³/mol. The van der Waals surface area contributed by atoms with E-state index in [-0.39, 0.29) is 17.7 Å². The molecule has 0 bridgehead atoms. The molecule has 1 aromatic carbocycles. The van der Waals surface area contributed by atoms with Crippen LogP contribution in [0.1, 0.15) is 35.8 Å². The Labute approximate surface area is 104 Å². The van der Waals surface area contributed by atoms with Crippen molar-refractivity contribution in [2.45, 2.75) is 19.9 Å². The Hall–Kier alpha value is -1.66. The van der Waals surface area contributed by atoms with Crippen LogP contribution >= 0.6 is 0 Å². The van der Waals surface area contributed by atoms with Gasteiger partial charge >= 0.3 is 5.97 Å². The normalized spacial score (nSPS) is 13.4. The first kappa shape index (κ1) is 14.4. The van der Waals surface area contributed by atoms with Gasteiger partial charge in [0.1, 0.15) is 0 Å². The average molecular weight is 257 g/mol. The van der Waals surface area contributed by atoms with E-state index in [1.54, 1.807) is 13.8 Å². The number of halogens is 1. The van der Waals surface area contributed by atoms with Gasteiger partial charge in [-0.25, -0.2) is 9.18 Å². The number of aliphatic hydroxyl groups excluding tert-OH is 1. The molecule has 0 aliphatic rings. The quantitative estimate of drug-likeness (QED) is 0.650. The van der Waals surface area contributed by atoms with Crippen molar-refractivity contribution in [2.24, 2.45) is 11.1 Å². The summed E-state index contributed by atoms with van der Waals surface area (Å²) in [4.78, 5) is 10.8. The molecule has 1 aromatic rings. The predicted octanol–water partition coefficient (Wildman–Crippen LogP) is 1.25. The first-order valence-electron chi connectivity index (χ1n) is 5.33. The van der Waals surface area contributed by atoms with Gasteiger partial charge in [-0.15, -0.1) is 0 Å². The summed E-state index contributed by atoms with van der Waals surface area (Å²) in [5.74, 6) is -3.05. The Balaban J connectivity index is 3.35. The number of phenolic OH excluding ortho intramolecular Hbond substituents is 1. The SMILES string of the molecule is CC(C)(CO)[C@H](N)c1cc(C(=O)O)cc(F)c1O. The lowest BCUT2D eigenvalue weighted by Crippen LogP contribution is -2.32. The lowest BCUT2D eigenvalue weighted by atomic mass is 9.81. The van der Waals surface area contributed by atoms with Crippen LogP contribution in [0, 0.1) is 11.2 Å². The Morgan fingerprint density at radius 2 is 2.06 bits per heavy atom. The van der Waals surface area contributed by atoms with Crippen LogP contribution in [0.2, 0.25) is 0 Å². The summed E-state index contributed by atoms with van der Waals surface area (Å²) in [6.45, 7) is 2.97. The standard InChI is InChI=1S/C12H16FNO4/c1-12(2,5-15)10(14)7-3-6(11(17)18)4-8(13)9(7)16/h3-4,10,15-16H,5,14H2,1-2H3,(H,17,18)/t10-/m1/s1. The van der Waals surface area contributed by atoms with Crippen LogP contribution in [0.15, 0.2) is 12.1 Å². The van der Waals surface area contributed by atoms with E-state index in [9.17, 15) is 19.4 Å². The van der Waals surface area contributed by atoms with Gasteiger partial charge in [-0.2, -0.15) is 0 Å². The topological polar surface area (TPSA) is 104 Å².